The van der Waals surface area contributed by atoms with Crippen LogP contribution in [-0.2, 0) is 0 Å². The van der Waals surface area contributed by atoms with E-state index in [0.717, 1.165) is 5.92 Å². The summed E-state index contributed by atoms with van der Waals surface area (Å²) < 4.78 is 0. The van der Waals surface area contributed by atoms with Gasteiger partial charge in [0.2, 0.25) is 0 Å². The van der Waals surface area contributed by atoms with Crippen molar-refractivity contribution in [2.45, 2.75) is 71.5 Å². The first-order valence-corrected chi connectivity index (χ1v) is 6.21. The maximum absolute atomic E-state index is 6.37. The van der Waals surface area contributed by atoms with Crippen LogP contribution in [0, 0.1) is 11.3 Å². The molecule has 0 spiro atoms. The average molecular weight is 192 g/mol. The van der Waals surface area contributed by atoms with Crippen molar-refractivity contribution >= 4 is 7.85 Å². The van der Waals surface area contributed by atoms with Crippen LogP contribution in [-0.4, -0.2) is 7.85 Å². The van der Waals surface area contributed by atoms with Crippen LogP contribution >= 0.6 is 0 Å². The summed E-state index contributed by atoms with van der Waals surface area (Å²) in [7, 11) is 6.37. The Bertz CT molecular complexity index is 184. The summed E-state index contributed by atoms with van der Waals surface area (Å²) in [5, 5.41) is 0.0801. The molecule has 0 bridgehead atoms. The SMILES string of the molecule is [B]C1(C)CCCCC(CC)(C(C)C)C1. The van der Waals surface area contributed by atoms with Crippen molar-refractivity contribution in [1.29, 1.82) is 0 Å². The fourth-order valence-electron chi connectivity index (χ4n) is 3.19. The highest BCUT2D eigenvalue weighted by molar-refractivity contribution is 6.14. The molecule has 1 fully saturated rings. The Morgan fingerprint density at radius 1 is 1.21 bits per heavy atom. The second-order valence-electron chi connectivity index (χ2n) is 5.91. The molecule has 0 aromatic heterocycles. The molecule has 0 aliphatic heterocycles. The van der Waals surface area contributed by atoms with E-state index in [2.05, 4.69) is 27.7 Å². The summed E-state index contributed by atoms with van der Waals surface area (Å²) >= 11 is 0. The van der Waals surface area contributed by atoms with Crippen LogP contribution in [0.2, 0.25) is 5.31 Å². The predicted octanol–water partition coefficient (Wildman–Crippen LogP) is 4.35. The molecule has 2 radical (unpaired) electrons. The van der Waals surface area contributed by atoms with Crippen LogP contribution in [0.15, 0.2) is 0 Å². The predicted molar refractivity (Wildman–Crippen MR) is 64.8 cm³/mol. The Morgan fingerprint density at radius 3 is 2.29 bits per heavy atom. The highest BCUT2D eigenvalue weighted by Crippen LogP contribution is 2.52. The highest BCUT2D eigenvalue weighted by Gasteiger charge is 2.38. The van der Waals surface area contributed by atoms with Crippen LogP contribution in [0.4, 0.5) is 0 Å². The largest absolute Gasteiger partial charge is 0.0742 e. The van der Waals surface area contributed by atoms with E-state index in [1.165, 1.54) is 38.5 Å². The number of rotatable bonds is 2. The van der Waals surface area contributed by atoms with Crippen LogP contribution in [0.25, 0.3) is 0 Å². The van der Waals surface area contributed by atoms with Gasteiger partial charge in [0.1, 0.15) is 0 Å². The third kappa shape index (κ3) is 2.55. The summed E-state index contributed by atoms with van der Waals surface area (Å²) in [4.78, 5) is 0. The molecule has 0 amide bonds. The zero-order valence-corrected chi connectivity index (χ0v) is 10.4. The molecule has 0 aromatic carbocycles. The van der Waals surface area contributed by atoms with E-state index in [1.807, 2.05) is 0 Å². The van der Waals surface area contributed by atoms with Gasteiger partial charge in [-0.15, -0.1) is 0 Å². The molecule has 0 N–H and O–H groups in total. The van der Waals surface area contributed by atoms with E-state index in [4.69, 9.17) is 7.85 Å². The van der Waals surface area contributed by atoms with E-state index in [1.54, 1.807) is 0 Å². The van der Waals surface area contributed by atoms with Gasteiger partial charge in [0.25, 0.3) is 0 Å². The molecule has 0 heterocycles. The van der Waals surface area contributed by atoms with Gasteiger partial charge in [-0.1, -0.05) is 58.7 Å². The van der Waals surface area contributed by atoms with E-state index < -0.39 is 0 Å². The van der Waals surface area contributed by atoms with E-state index in [0.29, 0.717) is 5.41 Å². The van der Waals surface area contributed by atoms with Gasteiger partial charge in [0.05, 0.1) is 7.85 Å². The van der Waals surface area contributed by atoms with Gasteiger partial charge in [-0.2, -0.15) is 0 Å². The smallest absolute Gasteiger partial charge is 0.0683 e. The third-order valence-corrected chi connectivity index (χ3v) is 4.36. The molecule has 0 aromatic rings. The minimum atomic E-state index is 0.0801. The van der Waals surface area contributed by atoms with Gasteiger partial charge in [-0.25, -0.2) is 0 Å². The van der Waals surface area contributed by atoms with E-state index >= 15 is 0 Å². The van der Waals surface area contributed by atoms with Crippen LogP contribution in [0.5, 0.6) is 0 Å². The van der Waals surface area contributed by atoms with Gasteiger partial charge in [-0.05, 0) is 24.2 Å². The topological polar surface area (TPSA) is 0 Å². The minimum absolute atomic E-state index is 0.0801. The molecule has 1 aliphatic rings. The zero-order chi connectivity index (χ0) is 10.8. The Morgan fingerprint density at radius 2 is 1.79 bits per heavy atom. The quantitative estimate of drug-likeness (QED) is 0.450. The fourth-order valence-corrected chi connectivity index (χ4v) is 3.19. The van der Waals surface area contributed by atoms with Crippen LogP contribution in [0.3, 0.4) is 0 Å². The molecule has 80 valence electrons. The second-order valence-corrected chi connectivity index (χ2v) is 5.91. The summed E-state index contributed by atoms with van der Waals surface area (Å²) in [6, 6.07) is 0. The molecule has 14 heavy (non-hydrogen) atoms. The molecular weight excluding hydrogens is 167 g/mol. The van der Waals surface area contributed by atoms with Crippen molar-refractivity contribution in [3.8, 4) is 0 Å². The van der Waals surface area contributed by atoms with Crippen molar-refractivity contribution in [3.05, 3.63) is 0 Å². The lowest BCUT2D eigenvalue weighted by Crippen LogP contribution is -2.29. The van der Waals surface area contributed by atoms with E-state index in [-0.39, 0.29) is 5.31 Å². The third-order valence-electron chi connectivity index (χ3n) is 4.36. The van der Waals surface area contributed by atoms with Gasteiger partial charge in [0, 0.05) is 0 Å². The highest BCUT2D eigenvalue weighted by atomic mass is 14.4. The molecule has 0 saturated heterocycles. The Balaban J connectivity index is 2.83. The minimum Gasteiger partial charge on any atom is -0.0683 e. The standard InChI is InChI=1S/C13H25B/c1-5-13(11(2)3)9-7-6-8-12(4,14)10-13/h11H,5-10H2,1-4H3. The van der Waals surface area contributed by atoms with E-state index in [9.17, 15) is 0 Å². The first kappa shape index (κ1) is 12.1. The summed E-state index contributed by atoms with van der Waals surface area (Å²) in [6.07, 6.45) is 7.79. The normalized spacial score (nSPS) is 39.8. The molecule has 1 rings (SSSR count). The molecule has 1 heteroatoms. The lowest BCUT2D eigenvalue weighted by atomic mass is 9.57. The Labute approximate surface area is 91.3 Å². The summed E-state index contributed by atoms with van der Waals surface area (Å²) in [6.45, 7) is 9.31. The monoisotopic (exact) mass is 192 g/mol. The maximum Gasteiger partial charge on any atom is 0.0742 e. The summed E-state index contributed by atoms with van der Waals surface area (Å²) in [5.74, 6) is 0.772. The number of hydrogen-bond acceptors (Lipinski definition) is 0. The molecule has 1 saturated carbocycles. The van der Waals surface area contributed by atoms with Gasteiger partial charge < -0.3 is 0 Å². The first-order valence-electron chi connectivity index (χ1n) is 6.21. The van der Waals surface area contributed by atoms with Gasteiger partial charge >= 0.3 is 0 Å². The lowest BCUT2D eigenvalue weighted by molar-refractivity contribution is 0.135. The molecular formula is C13H25B. The van der Waals surface area contributed by atoms with Gasteiger partial charge in [0.15, 0.2) is 0 Å². The second kappa shape index (κ2) is 4.29. The molecule has 2 unspecified atom stereocenters. The van der Waals surface area contributed by atoms with Crippen molar-refractivity contribution in [3.63, 3.8) is 0 Å². The fraction of sp³-hybridized carbons (Fsp3) is 1.00. The first-order chi connectivity index (χ1) is 6.42. The van der Waals surface area contributed by atoms with Crippen molar-refractivity contribution in [1.82, 2.24) is 0 Å². The Kier molecular flexibility index (Phi) is 3.72. The van der Waals surface area contributed by atoms with Crippen LogP contribution in [0.1, 0.15) is 66.2 Å². The molecule has 2 atom stereocenters. The maximum atomic E-state index is 6.37. The molecule has 1 aliphatic carbocycles. The number of hydrogen-bond donors (Lipinski definition) is 0. The van der Waals surface area contributed by atoms with Crippen molar-refractivity contribution in [2.24, 2.45) is 11.3 Å². The Hall–Kier alpha value is 0.0649. The zero-order valence-electron chi connectivity index (χ0n) is 10.4. The average Bonchev–Trinajstić information content (AvgIpc) is 2.24. The lowest BCUT2D eigenvalue weighted by Gasteiger charge is -2.41. The summed E-state index contributed by atoms with van der Waals surface area (Å²) in [5.41, 5.74) is 0.514. The van der Waals surface area contributed by atoms with Crippen molar-refractivity contribution in [2.75, 3.05) is 0 Å². The molecule has 0 nitrogen and oxygen atoms in total. The van der Waals surface area contributed by atoms with Crippen LogP contribution < -0.4 is 0 Å². The van der Waals surface area contributed by atoms with Gasteiger partial charge in [-0.3, -0.25) is 0 Å². The van der Waals surface area contributed by atoms with Crippen molar-refractivity contribution < 1.29 is 0 Å².